The lowest BCUT2D eigenvalue weighted by molar-refractivity contribution is 0.245. The maximum atomic E-state index is 13.8. The summed E-state index contributed by atoms with van der Waals surface area (Å²) >= 11 is 0. The van der Waals surface area contributed by atoms with Gasteiger partial charge in [-0.3, -0.25) is 0 Å². The number of sulfone groups is 1. The van der Waals surface area contributed by atoms with E-state index in [1.165, 1.54) is 0 Å². The van der Waals surface area contributed by atoms with Crippen LogP contribution in [0.3, 0.4) is 0 Å². The summed E-state index contributed by atoms with van der Waals surface area (Å²) in [5, 5.41) is 14.0. The average Bonchev–Trinajstić information content (AvgIpc) is 3.35. The number of aliphatic hydroxyl groups excluding tert-OH is 1. The minimum absolute atomic E-state index is 0.150. The lowest BCUT2D eigenvalue weighted by atomic mass is 10.0. The molecule has 3 aromatic rings. The Morgan fingerprint density at radius 1 is 1.03 bits per heavy atom. The molecule has 2 aromatic carbocycles. The van der Waals surface area contributed by atoms with Gasteiger partial charge >= 0.3 is 6.03 Å². The number of anilines is 2. The summed E-state index contributed by atoms with van der Waals surface area (Å²) in [6.45, 7) is 0.000405. The molecule has 0 bridgehead atoms. The number of carbonyl (C=O) groups excluding carboxylic acids is 1. The first-order valence-corrected chi connectivity index (χ1v) is 12.5. The number of nitrogens with two attached hydrogens (primary N) is 1. The molecule has 1 heterocycles. The zero-order chi connectivity index (χ0) is 24.2. The average molecular weight is 482 g/mol. The number of nitrogens with one attached hydrogen (secondary N) is 2. The number of aliphatic hydroxyl groups is 1. The number of carbonyl (C=O) groups is 1. The molecule has 0 spiro atoms. The predicted molar refractivity (Wildman–Crippen MR) is 130 cm³/mol. The fourth-order valence-corrected chi connectivity index (χ4v) is 6.48. The summed E-state index contributed by atoms with van der Waals surface area (Å²) in [5.74, 6) is 0.515. The molecule has 1 aliphatic rings. The van der Waals surface area contributed by atoms with Crippen molar-refractivity contribution in [3.63, 3.8) is 0 Å². The number of hydrogen-bond acceptors (Lipinski definition) is 7. The molecule has 0 saturated heterocycles. The van der Waals surface area contributed by atoms with E-state index in [4.69, 9.17) is 10.8 Å². The third-order valence-electron chi connectivity index (χ3n) is 5.99. The van der Waals surface area contributed by atoms with E-state index in [1.54, 1.807) is 60.7 Å². The Bertz CT molecular complexity index is 1260. The topological polar surface area (TPSA) is 147 Å². The van der Waals surface area contributed by atoms with Crippen molar-refractivity contribution >= 4 is 27.4 Å². The van der Waals surface area contributed by atoms with E-state index in [0.717, 1.165) is 12.8 Å². The molecule has 0 radical (unpaired) electrons. The van der Waals surface area contributed by atoms with Gasteiger partial charge in [0.25, 0.3) is 0 Å². The van der Waals surface area contributed by atoms with Crippen molar-refractivity contribution in [3.8, 4) is 11.4 Å². The first-order chi connectivity index (χ1) is 16.4. The Kier molecular flexibility index (Phi) is 6.80. The molecule has 0 aliphatic heterocycles. The van der Waals surface area contributed by atoms with Gasteiger partial charge in [0.15, 0.2) is 15.7 Å². The van der Waals surface area contributed by atoms with Gasteiger partial charge in [-0.1, -0.05) is 31.0 Å². The third-order valence-corrected chi connectivity index (χ3v) is 8.53. The summed E-state index contributed by atoms with van der Waals surface area (Å²) < 4.78 is 26.4. The normalized spacial score (nSPS) is 15.1. The summed E-state index contributed by atoms with van der Waals surface area (Å²) in [5.41, 5.74) is 7.70. The summed E-state index contributed by atoms with van der Waals surface area (Å²) in [6.07, 6.45) is 2.49. The van der Waals surface area contributed by atoms with Crippen molar-refractivity contribution in [2.75, 3.05) is 24.2 Å². The number of aromatic nitrogens is 2. The Balaban J connectivity index is 1.68. The van der Waals surface area contributed by atoms with Crippen LogP contribution in [0.25, 0.3) is 11.4 Å². The molecular weight excluding hydrogens is 454 g/mol. The fourth-order valence-electron chi connectivity index (χ4n) is 4.31. The smallest absolute Gasteiger partial charge is 0.319 e. The standard InChI is InChI=1S/C24H27N5O4S/c25-21-16-20(24(12-4-5-13-24)34(32,33)19-6-2-1-3-7-19)28-22(29-21)17-8-10-18(11-9-17)27-23(31)26-14-15-30/h1-3,6-11,16,30H,4-5,12-15H2,(H2,25,28,29)(H2,26,27,31). The van der Waals surface area contributed by atoms with E-state index in [-0.39, 0.29) is 23.9 Å². The van der Waals surface area contributed by atoms with Crippen LogP contribution in [-0.2, 0) is 14.6 Å². The summed E-state index contributed by atoms with van der Waals surface area (Å²) in [6, 6.07) is 16.4. The van der Waals surface area contributed by atoms with E-state index in [1.807, 2.05) is 0 Å². The molecule has 1 saturated carbocycles. The van der Waals surface area contributed by atoms with E-state index in [0.29, 0.717) is 35.6 Å². The van der Waals surface area contributed by atoms with E-state index < -0.39 is 20.6 Å². The minimum atomic E-state index is -3.72. The largest absolute Gasteiger partial charge is 0.395 e. The highest BCUT2D eigenvalue weighted by Gasteiger charge is 2.49. The van der Waals surface area contributed by atoms with Crippen LogP contribution in [-0.4, -0.2) is 42.7 Å². The SMILES string of the molecule is Nc1cc(C2(S(=O)(=O)c3ccccc3)CCCC2)nc(-c2ccc(NC(=O)NCCO)cc2)n1. The fraction of sp³-hybridized carbons (Fsp3) is 0.292. The zero-order valence-corrected chi connectivity index (χ0v) is 19.4. The van der Waals surface area contributed by atoms with Gasteiger partial charge in [-0.2, -0.15) is 0 Å². The Hall–Kier alpha value is -3.50. The van der Waals surface area contributed by atoms with Gasteiger partial charge in [0, 0.05) is 23.9 Å². The Morgan fingerprint density at radius 2 is 1.71 bits per heavy atom. The second kappa shape index (κ2) is 9.78. The number of rotatable bonds is 7. The molecule has 2 amide bonds. The van der Waals surface area contributed by atoms with E-state index in [2.05, 4.69) is 20.6 Å². The summed E-state index contributed by atoms with van der Waals surface area (Å²) in [4.78, 5) is 21.1. The lowest BCUT2D eigenvalue weighted by Crippen LogP contribution is -2.34. The van der Waals surface area contributed by atoms with E-state index in [9.17, 15) is 13.2 Å². The Morgan fingerprint density at radius 3 is 2.35 bits per heavy atom. The van der Waals surface area contributed by atoms with Gasteiger partial charge in [0.1, 0.15) is 10.6 Å². The van der Waals surface area contributed by atoms with Crippen molar-refractivity contribution in [3.05, 3.63) is 66.4 Å². The second-order valence-electron chi connectivity index (χ2n) is 8.20. The van der Waals surface area contributed by atoms with Crippen LogP contribution in [0.2, 0.25) is 0 Å². The van der Waals surface area contributed by atoms with Gasteiger partial charge in [-0.15, -0.1) is 0 Å². The van der Waals surface area contributed by atoms with Crippen LogP contribution in [0.5, 0.6) is 0 Å². The molecule has 0 unspecified atom stereocenters. The van der Waals surface area contributed by atoms with Crippen LogP contribution in [0.1, 0.15) is 31.4 Å². The second-order valence-corrected chi connectivity index (χ2v) is 10.5. The first kappa shape index (κ1) is 23.7. The first-order valence-electron chi connectivity index (χ1n) is 11.1. The number of nitrogens with zero attached hydrogens (tertiary/aromatic N) is 2. The molecule has 10 heteroatoms. The summed E-state index contributed by atoms with van der Waals surface area (Å²) in [7, 11) is -3.72. The highest BCUT2D eigenvalue weighted by molar-refractivity contribution is 7.92. The molecule has 1 fully saturated rings. The number of hydrogen-bond donors (Lipinski definition) is 4. The molecule has 9 nitrogen and oxygen atoms in total. The number of amides is 2. The molecule has 4 rings (SSSR count). The van der Waals surface area contributed by atoms with Crippen molar-refractivity contribution in [1.82, 2.24) is 15.3 Å². The van der Waals surface area contributed by atoms with Crippen LogP contribution < -0.4 is 16.4 Å². The minimum Gasteiger partial charge on any atom is -0.395 e. The molecular formula is C24H27N5O4S. The highest BCUT2D eigenvalue weighted by atomic mass is 32.2. The maximum absolute atomic E-state index is 13.8. The van der Waals surface area contributed by atoms with Crippen LogP contribution in [0.4, 0.5) is 16.3 Å². The maximum Gasteiger partial charge on any atom is 0.319 e. The molecule has 1 aromatic heterocycles. The van der Waals surface area contributed by atoms with Crippen LogP contribution >= 0.6 is 0 Å². The molecule has 5 N–H and O–H groups in total. The predicted octanol–water partition coefficient (Wildman–Crippen LogP) is 3.08. The van der Waals surface area contributed by atoms with Gasteiger partial charge < -0.3 is 21.5 Å². The molecule has 178 valence electrons. The van der Waals surface area contributed by atoms with Gasteiger partial charge in [0.05, 0.1) is 17.2 Å². The number of benzene rings is 2. The third kappa shape index (κ3) is 4.59. The highest BCUT2D eigenvalue weighted by Crippen LogP contribution is 2.48. The van der Waals surface area contributed by atoms with Crippen molar-refractivity contribution in [2.24, 2.45) is 0 Å². The molecule has 0 atom stereocenters. The van der Waals surface area contributed by atoms with Crippen LogP contribution in [0, 0.1) is 0 Å². The van der Waals surface area contributed by atoms with Crippen molar-refractivity contribution < 1.29 is 18.3 Å². The molecule has 34 heavy (non-hydrogen) atoms. The number of urea groups is 1. The van der Waals surface area contributed by atoms with Crippen molar-refractivity contribution in [1.29, 1.82) is 0 Å². The van der Waals surface area contributed by atoms with Crippen molar-refractivity contribution in [2.45, 2.75) is 35.3 Å². The quantitative estimate of drug-likeness (QED) is 0.405. The molecule has 1 aliphatic carbocycles. The van der Waals surface area contributed by atoms with E-state index >= 15 is 0 Å². The number of nitrogen functional groups attached to an aromatic ring is 1. The van der Waals surface area contributed by atoms with Gasteiger partial charge in [0.2, 0.25) is 0 Å². The lowest BCUT2D eigenvalue weighted by Gasteiger charge is -2.29. The van der Waals surface area contributed by atoms with Gasteiger partial charge in [-0.25, -0.2) is 23.2 Å². The van der Waals surface area contributed by atoms with Gasteiger partial charge in [-0.05, 0) is 49.2 Å². The zero-order valence-electron chi connectivity index (χ0n) is 18.6. The Labute approximate surface area is 198 Å². The van der Waals surface area contributed by atoms with Crippen LogP contribution in [0.15, 0.2) is 65.6 Å². The monoisotopic (exact) mass is 481 g/mol.